The van der Waals surface area contributed by atoms with Gasteiger partial charge in [0.05, 0.1) is 0 Å². The molecule has 15 heavy (non-hydrogen) atoms. The molecule has 0 spiro atoms. The van der Waals surface area contributed by atoms with Crippen molar-refractivity contribution >= 4 is 0 Å². The van der Waals surface area contributed by atoms with Crippen LogP contribution in [-0.2, 0) is 0 Å². The number of hydrogen-bond donors (Lipinski definition) is 1. The van der Waals surface area contributed by atoms with Crippen molar-refractivity contribution in [1.82, 2.24) is 10.2 Å². The van der Waals surface area contributed by atoms with Gasteiger partial charge < -0.3 is 10.2 Å². The third-order valence-electron chi connectivity index (χ3n) is 4.24. The van der Waals surface area contributed by atoms with Crippen LogP contribution in [0, 0.1) is 5.92 Å². The van der Waals surface area contributed by atoms with E-state index in [1.165, 1.54) is 64.6 Å². The third-order valence-corrected chi connectivity index (χ3v) is 4.24. The summed E-state index contributed by atoms with van der Waals surface area (Å²) in [6.45, 7) is 3.97. The van der Waals surface area contributed by atoms with Gasteiger partial charge >= 0.3 is 0 Å². The second-order valence-corrected chi connectivity index (χ2v) is 5.30. The molecule has 1 heterocycles. The number of likely N-dealkylation sites (tertiary alicyclic amines) is 1. The molecule has 0 amide bonds. The summed E-state index contributed by atoms with van der Waals surface area (Å²) in [4.78, 5) is 2.67. The summed E-state index contributed by atoms with van der Waals surface area (Å²) in [6, 6.07) is 0.755. The van der Waals surface area contributed by atoms with Gasteiger partial charge in [-0.05, 0) is 51.7 Å². The van der Waals surface area contributed by atoms with Crippen molar-refractivity contribution in [2.75, 3.05) is 26.7 Å². The zero-order chi connectivity index (χ0) is 10.5. The van der Waals surface area contributed by atoms with Gasteiger partial charge in [-0.3, -0.25) is 0 Å². The van der Waals surface area contributed by atoms with Crippen LogP contribution in [0.25, 0.3) is 0 Å². The number of likely N-dealkylation sites (N-methyl/N-ethyl adjacent to an activating group) is 1. The van der Waals surface area contributed by atoms with Crippen LogP contribution in [-0.4, -0.2) is 37.6 Å². The molecule has 1 saturated heterocycles. The van der Waals surface area contributed by atoms with Crippen LogP contribution in [0.2, 0.25) is 0 Å². The van der Waals surface area contributed by atoms with Gasteiger partial charge in [-0.2, -0.15) is 0 Å². The maximum absolute atomic E-state index is 3.55. The van der Waals surface area contributed by atoms with Crippen molar-refractivity contribution in [3.05, 3.63) is 0 Å². The van der Waals surface area contributed by atoms with Gasteiger partial charge in [-0.25, -0.2) is 0 Å². The van der Waals surface area contributed by atoms with Crippen LogP contribution in [0.1, 0.15) is 44.9 Å². The molecular weight excluding hydrogens is 184 g/mol. The number of nitrogens with zero attached hydrogens (tertiary/aromatic N) is 1. The highest BCUT2D eigenvalue weighted by Gasteiger charge is 2.25. The lowest BCUT2D eigenvalue weighted by molar-refractivity contribution is 0.184. The van der Waals surface area contributed by atoms with Gasteiger partial charge in [0.1, 0.15) is 0 Å². The molecule has 0 aromatic carbocycles. The van der Waals surface area contributed by atoms with Gasteiger partial charge in [0.15, 0.2) is 0 Å². The number of hydrogen-bond acceptors (Lipinski definition) is 2. The first-order valence-corrected chi connectivity index (χ1v) is 6.80. The average molecular weight is 210 g/mol. The molecule has 88 valence electrons. The second-order valence-electron chi connectivity index (χ2n) is 5.30. The van der Waals surface area contributed by atoms with E-state index in [1.54, 1.807) is 0 Å². The predicted octanol–water partition coefficient (Wildman–Crippen LogP) is 2.25. The monoisotopic (exact) mass is 210 g/mol. The first-order valence-electron chi connectivity index (χ1n) is 6.80. The first-order chi connectivity index (χ1) is 7.40. The molecule has 2 aliphatic rings. The summed E-state index contributed by atoms with van der Waals surface area (Å²) >= 11 is 0. The van der Waals surface area contributed by atoms with Crippen LogP contribution in [0.5, 0.6) is 0 Å². The van der Waals surface area contributed by atoms with Gasteiger partial charge in [-0.15, -0.1) is 0 Å². The van der Waals surface area contributed by atoms with E-state index in [4.69, 9.17) is 0 Å². The number of rotatable bonds is 4. The fourth-order valence-corrected chi connectivity index (χ4v) is 3.26. The maximum atomic E-state index is 3.55. The molecule has 1 aliphatic carbocycles. The molecule has 0 bridgehead atoms. The van der Waals surface area contributed by atoms with Crippen LogP contribution < -0.4 is 5.32 Å². The molecule has 1 saturated carbocycles. The molecule has 0 radical (unpaired) electrons. The Bertz CT molecular complexity index is 169. The van der Waals surface area contributed by atoms with E-state index in [9.17, 15) is 0 Å². The van der Waals surface area contributed by atoms with Crippen molar-refractivity contribution in [2.24, 2.45) is 5.92 Å². The van der Waals surface area contributed by atoms with E-state index in [0.717, 1.165) is 12.0 Å². The summed E-state index contributed by atoms with van der Waals surface area (Å²) in [6.07, 6.45) is 10.1. The molecular formula is C13H26N2. The number of nitrogens with one attached hydrogen (secondary N) is 1. The molecule has 1 unspecified atom stereocenters. The minimum Gasteiger partial charge on any atom is -0.315 e. The van der Waals surface area contributed by atoms with Crippen molar-refractivity contribution in [3.63, 3.8) is 0 Å². The average Bonchev–Trinajstić information content (AvgIpc) is 2.81. The fourth-order valence-electron chi connectivity index (χ4n) is 3.26. The van der Waals surface area contributed by atoms with Crippen LogP contribution in [0.3, 0.4) is 0 Å². The maximum Gasteiger partial charge on any atom is 0.0220 e. The largest absolute Gasteiger partial charge is 0.315 e. The minimum absolute atomic E-state index is 0.755. The Morgan fingerprint density at radius 1 is 1.07 bits per heavy atom. The topological polar surface area (TPSA) is 15.3 Å². The summed E-state index contributed by atoms with van der Waals surface area (Å²) in [7, 11) is 2.15. The van der Waals surface area contributed by atoms with E-state index >= 15 is 0 Å². The van der Waals surface area contributed by atoms with E-state index < -0.39 is 0 Å². The van der Waals surface area contributed by atoms with Crippen LogP contribution in [0.4, 0.5) is 0 Å². The van der Waals surface area contributed by atoms with Crippen molar-refractivity contribution in [2.45, 2.75) is 51.0 Å². The van der Waals surface area contributed by atoms with Crippen LogP contribution >= 0.6 is 0 Å². The molecule has 1 aliphatic heterocycles. The third kappa shape index (κ3) is 3.18. The summed E-state index contributed by atoms with van der Waals surface area (Å²) < 4.78 is 0. The predicted molar refractivity (Wildman–Crippen MR) is 65.1 cm³/mol. The Kier molecular flexibility index (Phi) is 4.45. The van der Waals surface area contributed by atoms with Gasteiger partial charge in [0.2, 0.25) is 0 Å². The van der Waals surface area contributed by atoms with E-state index in [2.05, 4.69) is 17.3 Å². The highest BCUT2D eigenvalue weighted by Crippen LogP contribution is 2.28. The highest BCUT2D eigenvalue weighted by molar-refractivity contribution is 4.83. The summed E-state index contributed by atoms with van der Waals surface area (Å²) in [5, 5.41) is 3.55. The van der Waals surface area contributed by atoms with E-state index in [1.807, 2.05) is 0 Å². The Morgan fingerprint density at radius 3 is 2.33 bits per heavy atom. The normalized spacial score (nSPS) is 27.0. The Morgan fingerprint density at radius 2 is 1.73 bits per heavy atom. The highest BCUT2D eigenvalue weighted by atomic mass is 15.1. The Balaban J connectivity index is 1.78. The molecule has 2 fully saturated rings. The molecule has 1 N–H and O–H groups in total. The number of piperidine rings is 1. The van der Waals surface area contributed by atoms with Crippen molar-refractivity contribution in [1.29, 1.82) is 0 Å². The Labute approximate surface area is 94.4 Å². The molecule has 2 rings (SSSR count). The van der Waals surface area contributed by atoms with Gasteiger partial charge in [0, 0.05) is 12.6 Å². The second kappa shape index (κ2) is 5.86. The molecule has 2 heteroatoms. The lowest BCUT2D eigenvalue weighted by atomic mass is 9.97. The van der Waals surface area contributed by atoms with E-state index in [-0.39, 0.29) is 0 Å². The quantitative estimate of drug-likeness (QED) is 0.765. The fraction of sp³-hybridized carbons (Fsp3) is 1.00. The van der Waals surface area contributed by atoms with Gasteiger partial charge in [0.25, 0.3) is 0 Å². The standard InChI is InChI=1S/C13H26N2/c1-14-13(12-7-3-4-8-12)11-15-9-5-2-6-10-15/h12-14H,2-11H2,1H3. The van der Waals surface area contributed by atoms with Gasteiger partial charge in [-0.1, -0.05) is 19.3 Å². The summed E-state index contributed by atoms with van der Waals surface area (Å²) in [5.74, 6) is 0.955. The van der Waals surface area contributed by atoms with E-state index in [0.29, 0.717) is 0 Å². The molecule has 2 nitrogen and oxygen atoms in total. The zero-order valence-corrected chi connectivity index (χ0v) is 10.2. The molecule has 0 aromatic heterocycles. The SMILES string of the molecule is CNC(CN1CCCCC1)C1CCCC1. The smallest absolute Gasteiger partial charge is 0.0220 e. The molecule has 0 aromatic rings. The first kappa shape index (κ1) is 11.4. The zero-order valence-electron chi connectivity index (χ0n) is 10.2. The van der Waals surface area contributed by atoms with Crippen LogP contribution in [0.15, 0.2) is 0 Å². The Hall–Kier alpha value is -0.0800. The lowest BCUT2D eigenvalue weighted by Gasteiger charge is -2.33. The lowest BCUT2D eigenvalue weighted by Crippen LogP contribution is -2.45. The van der Waals surface area contributed by atoms with Crippen molar-refractivity contribution < 1.29 is 0 Å². The molecule has 1 atom stereocenters. The minimum atomic E-state index is 0.755. The van der Waals surface area contributed by atoms with Crippen molar-refractivity contribution in [3.8, 4) is 0 Å². The summed E-state index contributed by atoms with van der Waals surface area (Å²) in [5.41, 5.74) is 0.